The second-order valence-corrected chi connectivity index (χ2v) is 5.14. The van der Waals surface area contributed by atoms with Gasteiger partial charge in [-0.25, -0.2) is 0 Å². The first-order valence-corrected chi connectivity index (χ1v) is 7.72. The Kier molecular flexibility index (Phi) is 4.78. The first-order chi connectivity index (χ1) is 11.8. The van der Waals surface area contributed by atoms with E-state index in [-0.39, 0.29) is 5.69 Å². The second kappa shape index (κ2) is 7.34. The van der Waals surface area contributed by atoms with E-state index in [9.17, 15) is 0 Å². The van der Waals surface area contributed by atoms with Crippen LogP contribution >= 0.6 is 0 Å². The molecule has 1 aromatic heterocycles. The van der Waals surface area contributed by atoms with Crippen molar-refractivity contribution in [2.45, 2.75) is 13.5 Å². The molecule has 0 fully saturated rings. The maximum Gasteiger partial charge on any atom is 0.232 e. The summed E-state index contributed by atoms with van der Waals surface area (Å²) in [5, 5.41) is 12.1. The first kappa shape index (κ1) is 15.6. The molecule has 24 heavy (non-hydrogen) atoms. The summed E-state index contributed by atoms with van der Waals surface area (Å²) in [5.41, 5.74) is 2.17. The summed E-state index contributed by atoms with van der Waals surface area (Å²) in [6.07, 6.45) is 0. The van der Waals surface area contributed by atoms with E-state index in [2.05, 4.69) is 10.3 Å². The summed E-state index contributed by atoms with van der Waals surface area (Å²) >= 11 is 0. The van der Waals surface area contributed by atoms with Crippen LogP contribution in [0.2, 0.25) is 0 Å². The van der Waals surface area contributed by atoms with Crippen molar-refractivity contribution in [2.75, 3.05) is 11.9 Å². The minimum absolute atomic E-state index is 0.260. The number of nitrogens with zero attached hydrogens (tertiary/aromatic N) is 2. The molecule has 0 saturated heterocycles. The molecule has 0 amide bonds. The van der Waals surface area contributed by atoms with E-state index in [1.54, 1.807) is 0 Å². The molecule has 0 saturated carbocycles. The van der Waals surface area contributed by atoms with Crippen molar-refractivity contribution >= 4 is 5.88 Å². The number of benzene rings is 2. The van der Waals surface area contributed by atoms with Gasteiger partial charge in [-0.05, 0) is 36.8 Å². The van der Waals surface area contributed by atoms with Crippen LogP contribution in [-0.2, 0) is 6.61 Å². The Morgan fingerprint density at radius 1 is 1.12 bits per heavy atom. The Morgan fingerprint density at radius 3 is 2.54 bits per heavy atom. The lowest BCUT2D eigenvalue weighted by Crippen LogP contribution is -1.96. The second-order valence-electron chi connectivity index (χ2n) is 5.14. The molecule has 1 heterocycles. The summed E-state index contributed by atoms with van der Waals surface area (Å²) in [6, 6.07) is 19.5. The summed E-state index contributed by atoms with van der Waals surface area (Å²) in [6.45, 7) is 3.11. The van der Waals surface area contributed by atoms with Crippen LogP contribution in [0.4, 0.5) is 5.88 Å². The van der Waals surface area contributed by atoms with Gasteiger partial charge in [0.05, 0.1) is 0 Å². The molecular formula is C19H17N3O2. The number of ether oxygens (including phenoxy) is 1. The summed E-state index contributed by atoms with van der Waals surface area (Å²) in [7, 11) is 0. The van der Waals surface area contributed by atoms with Gasteiger partial charge in [-0.2, -0.15) is 10.2 Å². The summed E-state index contributed by atoms with van der Waals surface area (Å²) in [5.74, 6) is 1.58. The lowest BCUT2D eigenvalue weighted by molar-refractivity contribution is 0.306. The highest BCUT2D eigenvalue weighted by Crippen LogP contribution is 2.27. The Hall–Kier alpha value is -3.26. The maximum atomic E-state index is 9.10. The van der Waals surface area contributed by atoms with Crippen LogP contribution in [0.15, 0.2) is 59.0 Å². The molecule has 1 N–H and O–H groups in total. The van der Waals surface area contributed by atoms with Gasteiger partial charge in [0.15, 0.2) is 0 Å². The van der Waals surface area contributed by atoms with Gasteiger partial charge in [0, 0.05) is 12.1 Å². The van der Waals surface area contributed by atoms with E-state index in [1.807, 2.05) is 67.6 Å². The molecule has 0 bridgehead atoms. The number of anilines is 1. The molecule has 0 unspecified atom stereocenters. The number of hydrogen-bond donors (Lipinski definition) is 1. The number of rotatable bonds is 6. The van der Waals surface area contributed by atoms with Crippen LogP contribution in [0.3, 0.4) is 0 Å². The van der Waals surface area contributed by atoms with Crippen molar-refractivity contribution in [3.05, 3.63) is 65.9 Å². The van der Waals surface area contributed by atoms with Crippen molar-refractivity contribution in [2.24, 2.45) is 0 Å². The quantitative estimate of drug-likeness (QED) is 0.736. The fourth-order valence-corrected chi connectivity index (χ4v) is 2.23. The van der Waals surface area contributed by atoms with Crippen LogP contribution in [-0.4, -0.2) is 11.5 Å². The number of nitrogens with one attached hydrogen (secondary N) is 1. The molecule has 0 aliphatic carbocycles. The van der Waals surface area contributed by atoms with Crippen LogP contribution in [0.1, 0.15) is 18.2 Å². The predicted octanol–water partition coefficient (Wildman–Crippen LogP) is 4.22. The molecule has 0 aliphatic heterocycles. The Morgan fingerprint density at radius 2 is 1.88 bits per heavy atom. The average molecular weight is 319 g/mol. The molecule has 3 aromatic rings. The van der Waals surface area contributed by atoms with E-state index >= 15 is 0 Å². The van der Waals surface area contributed by atoms with Crippen molar-refractivity contribution in [1.82, 2.24) is 4.98 Å². The van der Waals surface area contributed by atoms with E-state index in [0.717, 1.165) is 16.9 Å². The third kappa shape index (κ3) is 3.55. The molecule has 2 aromatic carbocycles. The van der Waals surface area contributed by atoms with Crippen LogP contribution in [0, 0.1) is 11.3 Å². The average Bonchev–Trinajstić information content (AvgIpc) is 3.05. The topological polar surface area (TPSA) is 71.1 Å². The smallest absolute Gasteiger partial charge is 0.232 e. The van der Waals surface area contributed by atoms with Gasteiger partial charge < -0.3 is 14.5 Å². The zero-order chi connectivity index (χ0) is 16.8. The largest absolute Gasteiger partial charge is 0.489 e. The van der Waals surface area contributed by atoms with E-state index in [1.165, 1.54) is 0 Å². The molecule has 5 heteroatoms. The Bertz CT molecular complexity index is 833. The van der Waals surface area contributed by atoms with Gasteiger partial charge in [0.2, 0.25) is 17.5 Å². The van der Waals surface area contributed by atoms with Gasteiger partial charge in [0.25, 0.3) is 0 Å². The van der Waals surface area contributed by atoms with Gasteiger partial charge in [-0.15, -0.1) is 0 Å². The van der Waals surface area contributed by atoms with Gasteiger partial charge in [-0.1, -0.05) is 30.3 Å². The summed E-state index contributed by atoms with van der Waals surface area (Å²) in [4.78, 5) is 4.21. The van der Waals surface area contributed by atoms with Crippen LogP contribution in [0.5, 0.6) is 5.75 Å². The minimum Gasteiger partial charge on any atom is -0.489 e. The molecule has 120 valence electrons. The fourth-order valence-electron chi connectivity index (χ4n) is 2.23. The fraction of sp³-hybridized carbons (Fsp3) is 0.158. The van der Waals surface area contributed by atoms with Gasteiger partial charge in [-0.3, -0.25) is 0 Å². The highest BCUT2D eigenvalue weighted by molar-refractivity contribution is 5.59. The Labute approximate surface area is 140 Å². The Balaban J connectivity index is 1.71. The van der Waals surface area contributed by atoms with Crippen molar-refractivity contribution in [3.8, 4) is 23.3 Å². The number of oxazole rings is 1. The lowest BCUT2D eigenvalue weighted by Gasteiger charge is -2.06. The zero-order valence-electron chi connectivity index (χ0n) is 13.3. The number of hydrogen-bond acceptors (Lipinski definition) is 5. The molecule has 0 radical (unpaired) electrons. The SMILES string of the molecule is CCNc1oc(-c2ccc(OCc3ccccc3)cc2)nc1C#N. The van der Waals surface area contributed by atoms with Crippen molar-refractivity contribution < 1.29 is 9.15 Å². The standard InChI is InChI=1S/C19H17N3O2/c1-2-21-19-17(12-20)22-18(24-19)15-8-10-16(11-9-15)23-13-14-6-4-3-5-7-14/h3-11,21H,2,13H2,1H3. The molecule has 3 rings (SSSR count). The van der Waals surface area contributed by atoms with Crippen LogP contribution in [0.25, 0.3) is 11.5 Å². The molecule has 5 nitrogen and oxygen atoms in total. The molecule has 0 atom stereocenters. The highest BCUT2D eigenvalue weighted by atomic mass is 16.5. The van der Waals surface area contributed by atoms with E-state index < -0.39 is 0 Å². The van der Waals surface area contributed by atoms with Gasteiger partial charge in [0.1, 0.15) is 18.4 Å². The lowest BCUT2D eigenvalue weighted by atomic mass is 10.2. The zero-order valence-corrected chi connectivity index (χ0v) is 13.3. The summed E-state index contributed by atoms with van der Waals surface area (Å²) < 4.78 is 11.4. The van der Waals surface area contributed by atoms with E-state index in [0.29, 0.717) is 24.9 Å². The first-order valence-electron chi connectivity index (χ1n) is 7.72. The third-order valence-corrected chi connectivity index (χ3v) is 3.42. The maximum absolute atomic E-state index is 9.10. The molecule has 0 spiro atoms. The minimum atomic E-state index is 0.260. The molecular weight excluding hydrogens is 302 g/mol. The highest BCUT2D eigenvalue weighted by Gasteiger charge is 2.13. The predicted molar refractivity (Wildman–Crippen MR) is 91.6 cm³/mol. The van der Waals surface area contributed by atoms with Gasteiger partial charge >= 0.3 is 0 Å². The monoisotopic (exact) mass is 319 g/mol. The van der Waals surface area contributed by atoms with Crippen LogP contribution < -0.4 is 10.1 Å². The number of aromatic nitrogens is 1. The van der Waals surface area contributed by atoms with E-state index in [4.69, 9.17) is 14.4 Å². The van der Waals surface area contributed by atoms with Crippen molar-refractivity contribution in [3.63, 3.8) is 0 Å². The third-order valence-electron chi connectivity index (χ3n) is 3.42. The van der Waals surface area contributed by atoms with Crippen molar-refractivity contribution in [1.29, 1.82) is 5.26 Å². The normalized spacial score (nSPS) is 10.2. The molecule has 0 aliphatic rings. The number of nitriles is 1.